The first kappa shape index (κ1) is 18.5. The normalized spacial score (nSPS) is 20.0. The number of carbonyl (C=O) groups excluding carboxylic acids is 1. The summed E-state index contributed by atoms with van der Waals surface area (Å²) in [4.78, 5) is 12.7. The maximum Gasteiger partial charge on any atom is 0.260 e. The number of benzene rings is 1. The number of carbonyl (C=O) groups is 1. The van der Waals surface area contributed by atoms with Gasteiger partial charge in [-0.05, 0) is 49.1 Å². The maximum atomic E-state index is 12.7. The third kappa shape index (κ3) is 3.34. The van der Waals surface area contributed by atoms with E-state index in [2.05, 4.69) is 18.2 Å². The van der Waals surface area contributed by atoms with E-state index < -0.39 is 0 Å². The Bertz CT molecular complexity index is 703. The number of hydrazine groups is 1. The minimum atomic E-state index is -0.208. The average molecular weight is 358 g/mol. The van der Waals surface area contributed by atoms with Crippen LogP contribution in [0, 0.1) is 0 Å². The summed E-state index contributed by atoms with van der Waals surface area (Å²) in [6, 6.07) is 3.82. The first-order valence-electron chi connectivity index (χ1n) is 8.87. The lowest BCUT2D eigenvalue weighted by Gasteiger charge is -2.40. The van der Waals surface area contributed by atoms with Crippen molar-refractivity contribution in [1.29, 1.82) is 0 Å². The summed E-state index contributed by atoms with van der Waals surface area (Å²) in [6.07, 6.45) is 5.16. The Kier molecular flexibility index (Phi) is 5.64. The lowest BCUT2D eigenvalue weighted by molar-refractivity contribution is -0.153. The molecule has 2 aliphatic heterocycles. The second-order valence-corrected chi connectivity index (χ2v) is 6.52. The molecule has 0 spiro atoms. The molecule has 0 radical (unpaired) electrons. The van der Waals surface area contributed by atoms with Crippen molar-refractivity contribution in [2.75, 3.05) is 27.1 Å². The Balaban J connectivity index is 1.98. The Morgan fingerprint density at radius 1 is 1.42 bits per heavy atom. The van der Waals surface area contributed by atoms with Gasteiger partial charge in [0.2, 0.25) is 6.79 Å². The van der Waals surface area contributed by atoms with Crippen LogP contribution in [0.3, 0.4) is 0 Å². The third-order valence-electron chi connectivity index (χ3n) is 5.00. The maximum absolute atomic E-state index is 12.7. The van der Waals surface area contributed by atoms with Crippen LogP contribution in [0.2, 0.25) is 0 Å². The standard InChI is InChI=1S/C20H26N2O4/c1-5-15-10-18-19(26-13-25-18)11-17(15)14(3)22(20(23)6-2)21-9-7-8-16(21)12-24-4/h5-6,10-11,14,16H,1-2,7-9,12-13H2,3-4H3/t14-,16+/m1/s1. The minimum Gasteiger partial charge on any atom is -0.454 e. The molecule has 6 nitrogen and oxygen atoms in total. The fourth-order valence-corrected chi connectivity index (χ4v) is 3.74. The molecule has 1 aromatic carbocycles. The highest BCUT2D eigenvalue weighted by Crippen LogP contribution is 2.39. The molecule has 0 aliphatic carbocycles. The van der Waals surface area contributed by atoms with Crippen LogP contribution in [0.5, 0.6) is 11.5 Å². The van der Waals surface area contributed by atoms with Crippen LogP contribution in [0.1, 0.15) is 36.9 Å². The van der Waals surface area contributed by atoms with Crippen molar-refractivity contribution in [3.05, 3.63) is 42.5 Å². The van der Waals surface area contributed by atoms with Gasteiger partial charge in [0.05, 0.1) is 18.7 Å². The van der Waals surface area contributed by atoms with Crippen molar-refractivity contribution in [3.8, 4) is 11.5 Å². The van der Waals surface area contributed by atoms with E-state index >= 15 is 0 Å². The number of rotatable bonds is 7. The molecule has 1 fully saturated rings. The quantitative estimate of drug-likeness (QED) is 0.701. The van der Waals surface area contributed by atoms with Gasteiger partial charge in [-0.3, -0.25) is 9.80 Å². The van der Waals surface area contributed by atoms with Gasteiger partial charge in [-0.25, -0.2) is 5.01 Å². The summed E-state index contributed by atoms with van der Waals surface area (Å²) in [5, 5.41) is 3.89. The molecule has 0 bridgehead atoms. The number of hydrogen-bond acceptors (Lipinski definition) is 5. The molecule has 2 aliphatic rings. The van der Waals surface area contributed by atoms with E-state index in [0.29, 0.717) is 18.1 Å². The largest absolute Gasteiger partial charge is 0.454 e. The van der Waals surface area contributed by atoms with Crippen LogP contribution >= 0.6 is 0 Å². The number of ether oxygens (including phenoxy) is 3. The summed E-state index contributed by atoms with van der Waals surface area (Å²) >= 11 is 0. The number of nitrogens with zero attached hydrogens (tertiary/aromatic N) is 2. The Labute approximate surface area is 154 Å². The first-order chi connectivity index (χ1) is 12.6. The fraction of sp³-hybridized carbons (Fsp3) is 0.450. The molecule has 6 heteroatoms. The highest BCUT2D eigenvalue weighted by Gasteiger charge is 2.35. The Morgan fingerprint density at radius 2 is 2.15 bits per heavy atom. The van der Waals surface area contributed by atoms with E-state index in [1.807, 2.05) is 19.1 Å². The smallest absolute Gasteiger partial charge is 0.260 e. The first-order valence-corrected chi connectivity index (χ1v) is 8.87. The predicted molar refractivity (Wildman–Crippen MR) is 99.7 cm³/mol. The lowest BCUT2D eigenvalue weighted by Crippen LogP contribution is -2.50. The lowest BCUT2D eigenvalue weighted by atomic mass is 9.99. The van der Waals surface area contributed by atoms with Crippen LogP contribution in [0.15, 0.2) is 31.4 Å². The summed E-state index contributed by atoms with van der Waals surface area (Å²) < 4.78 is 16.3. The highest BCUT2D eigenvalue weighted by molar-refractivity contribution is 5.87. The SMILES string of the molecule is C=CC(=O)N([C@H](C)c1cc2c(cc1C=C)OCO2)N1CCC[C@H]1COC. The van der Waals surface area contributed by atoms with Crippen LogP contribution in [-0.2, 0) is 9.53 Å². The molecular weight excluding hydrogens is 332 g/mol. The molecule has 26 heavy (non-hydrogen) atoms. The second-order valence-electron chi connectivity index (χ2n) is 6.52. The van der Waals surface area contributed by atoms with E-state index in [0.717, 1.165) is 30.5 Å². The summed E-state index contributed by atoms with van der Waals surface area (Å²) in [6.45, 7) is 11.2. The molecule has 0 unspecified atom stereocenters. The van der Waals surface area contributed by atoms with Crippen LogP contribution in [0.25, 0.3) is 6.08 Å². The number of amides is 1. The topological polar surface area (TPSA) is 51.2 Å². The molecule has 140 valence electrons. The molecule has 0 N–H and O–H groups in total. The van der Waals surface area contributed by atoms with Gasteiger partial charge in [-0.1, -0.05) is 19.2 Å². The van der Waals surface area contributed by atoms with Crippen LogP contribution in [0.4, 0.5) is 0 Å². The van der Waals surface area contributed by atoms with Gasteiger partial charge in [-0.15, -0.1) is 0 Å². The number of fused-ring (bicyclic) bond motifs is 1. The number of hydrogen-bond donors (Lipinski definition) is 0. The zero-order valence-corrected chi connectivity index (χ0v) is 15.4. The molecule has 0 aromatic heterocycles. The van der Waals surface area contributed by atoms with Crippen LogP contribution in [-0.4, -0.2) is 49.0 Å². The Hall–Kier alpha value is -2.31. The van der Waals surface area contributed by atoms with E-state index in [1.54, 1.807) is 18.2 Å². The average Bonchev–Trinajstić information content (AvgIpc) is 3.29. The molecule has 2 heterocycles. The van der Waals surface area contributed by atoms with Crippen molar-refractivity contribution in [2.24, 2.45) is 0 Å². The van der Waals surface area contributed by atoms with Crippen molar-refractivity contribution in [1.82, 2.24) is 10.0 Å². The van der Waals surface area contributed by atoms with Gasteiger partial charge in [0, 0.05) is 13.7 Å². The van der Waals surface area contributed by atoms with Crippen molar-refractivity contribution in [3.63, 3.8) is 0 Å². The summed E-state index contributed by atoms with van der Waals surface area (Å²) in [7, 11) is 1.69. The predicted octanol–water partition coefficient (Wildman–Crippen LogP) is 3.16. The zero-order chi connectivity index (χ0) is 18.7. The number of methoxy groups -OCH3 is 1. The molecule has 1 amide bonds. The van der Waals surface area contributed by atoms with E-state index in [-0.39, 0.29) is 24.8 Å². The van der Waals surface area contributed by atoms with Gasteiger partial charge in [-0.2, -0.15) is 0 Å². The third-order valence-corrected chi connectivity index (χ3v) is 5.00. The van der Waals surface area contributed by atoms with E-state index in [9.17, 15) is 4.79 Å². The second kappa shape index (κ2) is 7.93. The summed E-state index contributed by atoms with van der Waals surface area (Å²) in [5.41, 5.74) is 1.88. The van der Waals surface area contributed by atoms with Crippen molar-refractivity contribution < 1.29 is 19.0 Å². The Morgan fingerprint density at radius 3 is 2.81 bits per heavy atom. The van der Waals surface area contributed by atoms with E-state index in [4.69, 9.17) is 14.2 Å². The molecule has 1 aromatic rings. The zero-order valence-electron chi connectivity index (χ0n) is 15.4. The molecule has 3 rings (SSSR count). The van der Waals surface area contributed by atoms with E-state index in [1.165, 1.54) is 6.08 Å². The van der Waals surface area contributed by atoms with Gasteiger partial charge in [0.1, 0.15) is 0 Å². The molecule has 0 saturated carbocycles. The highest BCUT2D eigenvalue weighted by atomic mass is 16.7. The van der Waals surface area contributed by atoms with Crippen LogP contribution < -0.4 is 9.47 Å². The minimum absolute atomic E-state index is 0.131. The van der Waals surface area contributed by atoms with Crippen molar-refractivity contribution in [2.45, 2.75) is 31.8 Å². The monoisotopic (exact) mass is 358 g/mol. The summed E-state index contributed by atoms with van der Waals surface area (Å²) in [5.74, 6) is 1.27. The van der Waals surface area contributed by atoms with Crippen molar-refractivity contribution >= 4 is 12.0 Å². The van der Waals surface area contributed by atoms with Gasteiger partial charge >= 0.3 is 0 Å². The fourth-order valence-electron chi connectivity index (χ4n) is 3.74. The van der Waals surface area contributed by atoms with Gasteiger partial charge < -0.3 is 14.2 Å². The van der Waals surface area contributed by atoms with Gasteiger partial charge in [0.25, 0.3) is 5.91 Å². The molecule has 2 atom stereocenters. The van der Waals surface area contributed by atoms with Gasteiger partial charge in [0.15, 0.2) is 11.5 Å². The molecular formula is C20H26N2O4. The molecule has 1 saturated heterocycles.